The first-order valence-electron chi connectivity index (χ1n) is 3.76. The van der Waals surface area contributed by atoms with Gasteiger partial charge in [-0.15, -0.1) is 0 Å². The molecule has 1 heterocycles. The fraction of sp³-hybridized carbons (Fsp3) is 0.429. The Labute approximate surface area is 87.0 Å². The third-order valence-corrected chi connectivity index (χ3v) is 2.21. The molecule has 0 radical (unpaired) electrons. The van der Waals surface area contributed by atoms with E-state index in [-0.39, 0.29) is 16.8 Å². The van der Waals surface area contributed by atoms with Gasteiger partial charge in [0.25, 0.3) is 0 Å². The number of ether oxygens (including phenoxy) is 1. The average molecular weight is 269 g/mol. The average Bonchev–Trinajstić information content (AvgIpc) is 2.47. The SMILES string of the molecule is CCOC(=O)c1cnn(C(F)F)c1Br. The molecule has 7 heteroatoms. The van der Waals surface area contributed by atoms with Gasteiger partial charge in [-0.1, -0.05) is 0 Å². The Morgan fingerprint density at radius 3 is 2.86 bits per heavy atom. The number of aromatic nitrogens is 2. The zero-order valence-electron chi connectivity index (χ0n) is 7.21. The molecule has 4 nitrogen and oxygen atoms in total. The topological polar surface area (TPSA) is 44.1 Å². The summed E-state index contributed by atoms with van der Waals surface area (Å²) in [6.45, 7) is -0.971. The molecule has 0 saturated heterocycles. The molecular weight excluding hydrogens is 262 g/mol. The summed E-state index contributed by atoms with van der Waals surface area (Å²) in [5, 5.41) is 3.34. The van der Waals surface area contributed by atoms with Gasteiger partial charge in [-0.05, 0) is 22.9 Å². The fourth-order valence-corrected chi connectivity index (χ4v) is 1.34. The molecule has 0 aliphatic rings. The minimum absolute atomic E-state index is 0.00727. The minimum atomic E-state index is -2.78. The van der Waals surface area contributed by atoms with E-state index in [0.29, 0.717) is 4.68 Å². The van der Waals surface area contributed by atoms with Crippen LogP contribution in [0.15, 0.2) is 10.8 Å². The van der Waals surface area contributed by atoms with Gasteiger partial charge in [0.05, 0.1) is 12.8 Å². The highest BCUT2D eigenvalue weighted by Crippen LogP contribution is 2.22. The summed E-state index contributed by atoms with van der Waals surface area (Å²) in [6.07, 6.45) is 1.04. The molecule has 0 saturated carbocycles. The third-order valence-electron chi connectivity index (χ3n) is 1.41. The molecule has 0 amide bonds. The van der Waals surface area contributed by atoms with Crippen LogP contribution in [0.3, 0.4) is 0 Å². The van der Waals surface area contributed by atoms with Crippen LogP contribution in [0.1, 0.15) is 23.8 Å². The van der Waals surface area contributed by atoms with Gasteiger partial charge >= 0.3 is 12.5 Å². The number of carbonyl (C=O) groups is 1. The third kappa shape index (κ3) is 2.09. The largest absolute Gasteiger partial charge is 0.462 e. The molecule has 0 fully saturated rings. The monoisotopic (exact) mass is 268 g/mol. The Morgan fingerprint density at radius 2 is 2.43 bits per heavy atom. The van der Waals surface area contributed by atoms with Crippen molar-refractivity contribution in [2.75, 3.05) is 6.61 Å². The van der Waals surface area contributed by atoms with Crippen LogP contribution in [0.25, 0.3) is 0 Å². The van der Waals surface area contributed by atoms with Crippen LogP contribution in [0.2, 0.25) is 0 Å². The quantitative estimate of drug-likeness (QED) is 0.790. The van der Waals surface area contributed by atoms with E-state index < -0.39 is 12.5 Å². The van der Waals surface area contributed by atoms with E-state index in [2.05, 4.69) is 25.8 Å². The van der Waals surface area contributed by atoms with E-state index >= 15 is 0 Å². The number of alkyl halides is 2. The zero-order chi connectivity index (χ0) is 10.7. The Hall–Kier alpha value is -0.980. The van der Waals surface area contributed by atoms with Crippen LogP contribution >= 0.6 is 15.9 Å². The Bertz CT molecular complexity index is 340. The molecule has 0 aliphatic heterocycles. The van der Waals surface area contributed by atoms with E-state index in [1.54, 1.807) is 6.92 Å². The highest BCUT2D eigenvalue weighted by atomic mass is 79.9. The summed E-state index contributed by atoms with van der Waals surface area (Å²) in [6, 6.07) is 0. The zero-order valence-corrected chi connectivity index (χ0v) is 8.79. The lowest BCUT2D eigenvalue weighted by atomic mass is 10.4. The standard InChI is InChI=1S/C7H7BrF2N2O2/c1-2-14-6(13)4-3-11-12(5(4)8)7(9)10/h3,7H,2H2,1H3. The molecule has 0 N–H and O–H groups in total. The van der Waals surface area contributed by atoms with Crippen molar-refractivity contribution in [3.8, 4) is 0 Å². The van der Waals surface area contributed by atoms with Crippen LogP contribution in [-0.4, -0.2) is 22.4 Å². The number of esters is 1. The highest BCUT2D eigenvalue weighted by Gasteiger charge is 2.20. The molecule has 1 aromatic rings. The Kier molecular flexibility index (Phi) is 3.56. The van der Waals surface area contributed by atoms with E-state index in [1.807, 2.05) is 0 Å². The highest BCUT2D eigenvalue weighted by molar-refractivity contribution is 9.10. The van der Waals surface area contributed by atoms with E-state index in [4.69, 9.17) is 0 Å². The molecule has 1 rings (SSSR count). The number of halogens is 3. The van der Waals surface area contributed by atoms with Crippen molar-refractivity contribution >= 4 is 21.9 Å². The molecule has 0 aromatic carbocycles. The predicted octanol–water partition coefficient (Wildman–Crippen LogP) is 2.22. The summed E-state index contributed by atoms with van der Waals surface area (Å²) in [5.74, 6) is -0.675. The van der Waals surface area contributed by atoms with Gasteiger partial charge in [0.1, 0.15) is 10.2 Å². The van der Waals surface area contributed by atoms with Gasteiger partial charge in [-0.2, -0.15) is 18.6 Å². The summed E-state index contributed by atoms with van der Waals surface area (Å²) < 4.78 is 29.4. The number of hydrogen-bond donors (Lipinski definition) is 0. The molecule has 0 spiro atoms. The number of nitrogens with zero attached hydrogens (tertiary/aromatic N) is 2. The maximum atomic E-state index is 12.2. The summed E-state index contributed by atoms with van der Waals surface area (Å²) >= 11 is 2.84. The van der Waals surface area contributed by atoms with E-state index in [0.717, 1.165) is 6.20 Å². The fourth-order valence-electron chi connectivity index (χ4n) is 0.829. The van der Waals surface area contributed by atoms with Crippen LogP contribution in [0.5, 0.6) is 0 Å². The van der Waals surface area contributed by atoms with Gasteiger partial charge in [-0.3, -0.25) is 0 Å². The number of rotatable bonds is 3. The molecule has 14 heavy (non-hydrogen) atoms. The predicted molar refractivity (Wildman–Crippen MR) is 47.1 cm³/mol. The smallest absolute Gasteiger partial charge is 0.342 e. The van der Waals surface area contributed by atoms with Crippen molar-refractivity contribution in [3.05, 3.63) is 16.4 Å². The van der Waals surface area contributed by atoms with E-state index in [1.165, 1.54) is 0 Å². The molecule has 0 aliphatic carbocycles. The van der Waals surface area contributed by atoms with Crippen molar-refractivity contribution in [2.45, 2.75) is 13.5 Å². The van der Waals surface area contributed by atoms with Crippen molar-refractivity contribution in [3.63, 3.8) is 0 Å². The van der Waals surface area contributed by atoms with Gasteiger partial charge in [0, 0.05) is 0 Å². The van der Waals surface area contributed by atoms with Crippen molar-refractivity contribution in [2.24, 2.45) is 0 Å². The first-order chi connectivity index (χ1) is 6.57. The van der Waals surface area contributed by atoms with Crippen molar-refractivity contribution < 1.29 is 18.3 Å². The molecule has 0 unspecified atom stereocenters. The second kappa shape index (κ2) is 4.50. The first-order valence-corrected chi connectivity index (χ1v) is 4.55. The van der Waals surface area contributed by atoms with Crippen molar-refractivity contribution in [1.29, 1.82) is 0 Å². The summed E-state index contributed by atoms with van der Waals surface area (Å²) in [5.41, 5.74) is -0.00727. The molecule has 1 aromatic heterocycles. The molecule has 0 atom stereocenters. The molecule has 0 bridgehead atoms. The van der Waals surface area contributed by atoms with Crippen molar-refractivity contribution in [1.82, 2.24) is 9.78 Å². The number of hydrogen-bond acceptors (Lipinski definition) is 3. The van der Waals surface area contributed by atoms with Gasteiger partial charge in [-0.25, -0.2) is 4.79 Å². The summed E-state index contributed by atoms with van der Waals surface area (Å²) in [4.78, 5) is 11.2. The first kappa shape index (κ1) is 11.1. The lowest BCUT2D eigenvalue weighted by molar-refractivity contribution is 0.0505. The lowest BCUT2D eigenvalue weighted by Gasteiger charge is -2.01. The molecule has 78 valence electrons. The normalized spacial score (nSPS) is 10.6. The maximum Gasteiger partial charge on any atom is 0.342 e. The van der Waals surface area contributed by atoms with Crippen LogP contribution < -0.4 is 0 Å². The minimum Gasteiger partial charge on any atom is -0.462 e. The van der Waals surface area contributed by atoms with Crippen LogP contribution in [0, 0.1) is 0 Å². The lowest BCUT2D eigenvalue weighted by Crippen LogP contribution is -2.06. The maximum absolute atomic E-state index is 12.2. The van der Waals surface area contributed by atoms with Gasteiger partial charge < -0.3 is 4.74 Å². The summed E-state index contributed by atoms with van der Waals surface area (Å²) in [7, 11) is 0. The second-order valence-corrected chi connectivity index (χ2v) is 3.04. The molecular formula is C7H7BrF2N2O2. The Balaban J connectivity index is 2.95. The van der Waals surface area contributed by atoms with E-state index in [9.17, 15) is 13.6 Å². The van der Waals surface area contributed by atoms with Crippen LogP contribution in [-0.2, 0) is 4.74 Å². The number of carbonyl (C=O) groups excluding carboxylic acids is 1. The van der Waals surface area contributed by atoms with Gasteiger partial charge in [0.2, 0.25) is 0 Å². The van der Waals surface area contributed by atoms with Crippen LogP contribution in [0.4, 0.5) is 8.78 Å². The van der Waals surface area contributed by atoms with Gasteiger partial charge in [0.15, 0.2) is 0 Å². The second-order valence-electron chi connectivity index (χ2n) is 2.29. The Morgan fingerprint density at radius 1 is 1.79 bits per heavy atom.